The van der Waals surface area contributed by atoms with E-state index in [9.17, 15) is 4.79 Å². The molecule has 1 aromatic heterocycles. The quantitative estimate of drug-likeness (QED) is 0.780. The Bertz CT molecular complexity index is 410. The van der Waals surface area contributed by atoms with Crippen LogP contribution in [0.5, 0.6) is 0 Å². The lowest BCUT2D eigenvalue weighted by molar-refractivity contribution is -0.121. The van der Waals surface area contributed by atoms with Crippen LogP contribution in [0.3, 0.4) is 0 Å². The van der Waals surface area contributed by atoms with Gasteiger partial charge in [0.1, 0.15) is 6.33 Å². The average molecular weight is 234 g/mol. The van der Waals surface area contributed by atoms with Crippen molar-refractivity contribution in [1.29, 1.82) is 0 Å². The molecule has 0 radical (unpaired) electrons. The largest absolute Gasteiger partial charge is 0.349 e. The standard InChI is InChI=1S/C12H18N4O/c1-2-16-9-14-15-11(16)8-13-12(17)7-10-5-3-4-6-10/h3,5,9-10H,2,4,6-8H2,1H3,(H,13,17)/t10-/m0/s1. The maximum absolute atomic E-state index is 11.7. The number of hydrogen-bond acceptors (Lipinski definition) is 3. The van der Waals surface area contributed by atoms with Gasteiger partial charge in [0.05, 0.1) is 6.54 Å². The molecule has 0 spiro atoms. The van der Waals surface area contributed by atoms with Crippen molar-refractivity contribution in [3.63, 3.8) is 0 Å². The number of aromatic nitrogens is 3. The second-order valence-electron chi connectivity index (χ2n) is 4.28. The Morgan fingerprint density at radius 2 is 2.53 bits per heavy atom. The van der Waals surface area contributed by atoms with E-state index >= 15 is 0 Å². The second kappa shape index (κ2) is 5.61. The van der Waals surface area contributed by atoms with E-state index in [0.717, 1.165) is 25.2 Å². The van der Waals surface area contributed by atoms with Gasteiger partial charge >= 0.3 is 0 Å². The van der Waals surface area contributed by atoms with E-state index in [4.69, 9.17) is 0 Å². The van der Waals surface area contributed by atoms with Crippen molar-refractivity contribution in [3.8, 4) is 0 Å². The molecule has 0 aliphatic heterocycles. The Kier molecular flexibility index (Phi) is 3.90. The SMILES string of the molecule is CCn1cnnc1CNC(=O)C[C@H]1C=CCC1. The Labute approximate surface area is 101 Å². The van der Waals surface area contributed by atoms with Crippen LogP contribution in [0.15, 0.2) is 18.5 Å². The Morgan fingerprint density at radius 1 is 1.65 bits per heavy atom. The minimum atomic E-state index is 0.0900. The molecule has 0 unspecified atom stereocenters. The Morgan fingerprint density at radius 3 is 3.24 bits per heavy atom. The van der Waals surface area contributed by atoms with Gasteiger partial charge in [-0.2, -0.15) is 0 Å². The van der Waals surface area contributed by atoms with Crippen molar-refractivity contribution in [2.45, 2.75) is 39.3 Å². The maximum atomic E-state index is 11.7. The minimum Gasteiger partial charge on any atom is -0.349 e. The highest BCUT2D eigenvalue weighted by atomic mass is 16.1. The van der Waals surface area contributed by atoms with Gasteiger partial charge in [0.25, 0.3) is 0 Å². The van der Waals surface area contributed by atoms with Crippen molar-refractivity contribution < 1.29 is 4.79 Å². The molecule has 0 fully saturated rings. The van der Waals surface area contributed by atoms with Gasteiger partial charge in [0.15, 0.2) is 5.82 Å². The summed E-state index contributed by atoms with van der Waals surface area (Å²) in [5, 5.41) is 10.7. The predicted octanol–water partition coefficient (Wildman–Crippen LogP) is 1.27. The highest BCUT2D eigenvalue weighted by molar-refractivity contribution is 5.76. The smallest absolute Gasteiger partial charge is 0.220 e. The lowest BCUT2D eigenvalue weighted by Gasteiger charge is -2.08. The third kappa shape index (κ3) is 3.15. The zero-order chi connectivity index (χ0) is 12.1. The summed E-state index contributed by atoms with van der Waals surface area (Å²) in [7, 11) is 0. The summed E-state index contributed by atoms with van der Waals surface area (Å²) in [4.78, 5) is 11.7. The lowest BCUT2D eigenvalue weighted by Crippen LogP contribution is -2.26. The molecule has 1 aliphatic carbocycles. The van der Waals surface area contributed by atoms with Crippen LogP contribution in [0.4, 0.5) is 0 Å². The van der Waals surface area contributed by atoms with Crippen LogP contribution in [-0.4, -0.2) is 20.7 Å². The monoisotopic (exact) mass is 234 g/mol. The maximum Gasteiger partial charge on any atom is 0.220 e. The Balaban J connectivity index is 1.77. The molecule has 2 rings (SSSR count). The van der Waals surface area contributed by atoms with Crippen molar-refractivity contribution >= 4 is 5.91 Å². The van der Waals surface area contributed by atoms with Gasteiger partial charge in [-0.25, -0.2) is 0 Å². The summed E-state index contributed by atoms with van der Waals surface area (Å²) in [5.74, 6) is 1.31. The number of hydrogen-bond donors (Lipinski definition) is 1. The number of aryl methyl sites for hydroxylation is 1. The van der Waals surface area contributed by atoms with E-state index in [0.29, 0.717) is 18.9 Å². The van der Waals surface area contributed by atoms with Gasteiger partial charge in [-0.3, -0.25) is 4.79 Å². The first kappa shape index (κ1) is 11.8. The normalized spacial score (nSPS) is 18.5. The first-order valence-electron chi connectivity index (χ1n) is 6.09. The number of rotatable bonds is 5. The summed E-state index contributed by atoms with van der Waals surface area (Å²) < 4.78 is 1.93. The molecule has 0 bridgehead atoms. The molecule has 92 valence electrons. The molecule has 1 aliphatic rings. The zero-order valence-corrected chi connectivity index (χ0v) is 10.1. The summed E-state index contributed by atoms with van der Waals surface area (Å²) >= 11 is 0. The van der Waals surface area contributed by atoms with E-state index < -0.39 is 0 Å². The molecule has 0 aromatic carbocycles. The molecule has 0 saturated heterocycles. The van der Waals surface area contributed by atoms with Crippen LogP contribution in [0.2, 0.25) is 0 Å². The van der Waals surface area contributed by atoms with Crippen LogP contribution in [0.1, 0.15) is 32.0 Å². The molecular formula is C12H18N4O. The number of nitrogens with one attached hydrogen (secondary N) is 1. The van der Waals surface area contributed by atoms with Gasteiger partial charge in [0, 0.05) is 13.0 Å². The number of amides is 1. The summed E-state index contributed by atoms with van der Waals surface area (Å²) in [6.45, 7) is 3.31. The molecule has 1 heterocycles. The second-order valence-corrected chi connectivity index (χ2v) is 4.28. The number of carbonyl (C=O) groups is 1. The first-order chi connectivity index (χ1) is 8.29. The lowest BCUT2D eigenvalue weighted by atomic mass is 10.1. The molecule has 5 heteroatoms. The van der Waals surface area contributed by atoms with Crippen LogP contribution in [-0.2, 0) is 17.9 Å². The zero-order valence-electron chi connectivity index (χ0n) is 10.1. The minimum absolute atomic E-state index is 0.0900. The van der Waals surface area contributed by atoms with Gasteiger partial charge in [-0.1, -0.05) is 12.2 Å². The van der Waals surface area contributed by atoms with E-state index in [-0.39, 0.29) is 5.91 Å². The van der Waals surface area contributed by atoms with Crippen LogP contribution in [0.25, 0.3) is 0 Å². The van der Waals surface area contributed by atoms with Crippen LogP contribution >= 0.6 is 0 Å². The third-order valence-corrected chi connectivity index (χ3v) is 3.04. The summed E-state index contributed by atoms with van der Waals surface area (Å²) in [6, 6.07) is 0. The van der Waals surface area contributed by atoms with E-state index in [1.807, 2.05) is 11.5 Å². The molecule has 17 heavy (non-hydrogen) atoms. The van der Waals surface area contributed by atoms with Crippen LogP contribution in [0, 0.1) is 5.92 Å². The molecule has 1 N–H and O–H groups in total. The fourth-order valence-electron chi connectivity index (χ4n) is 2.03. The number of carbonyl (C=O) groups excluding carboxylic acids is 1. The van der Waals surface area contributed by atoms with Crippen molar-refractivity contribution in [1.82, 2.24) is 20.1 Å². The number of allylic oxidation sites excluding steroid dienone is 2. The van der Waals surface area contributed by atoms with E-state index in [1.54, 1.807) is 6.33 Å². The third-order valence-electron chi connectivity index (χ3n) is 3.04. The fraction of sp³-hybridized carbons (Fsp3) is 0.583. The molecule has 0 saturated carbocycles. The molecule has 5 nitrogen and oxygen atoms in total. The molecule has 1 aromatic rings. The highest BCUT2D eigenvalue weighted by Crippen LogP contribution is 2.19. The van der Waals surface area contributed by atoms with E-state index in [1.165, 1.54) is 0 Å². The van der Waals surface area contributed by atoms with Crippen LogP contribution < -0.4 is 5.32 Å². The predicted molar refractivity (Wildman–Crippen MR) is 64.0 cm³/mol. The summed E-state index contributed by atoms with van der Waals surface area (Å²) in [5.41, 5.74) is 0. The van der Waals surface area contributed by atoms with Gasteiger partial charge in [-0.15, -0.1) is 10.2 Å². The van der Waals surface area contributed by atoms with Gasteiger partial charge < -0.3 is 9.88 Å². The topological polar surface area (TPSA) is 59.8 Å². The highest BCUT2D eigenvalue weighted by Gasteiger charge is 2.14. The molecule has 1 amide bonds. The fourth-order valence-corrected chi connectivity index (χ4v) is 2.03. The molecule has 1 atom stereocenters. The molecular weight excluding hydrogens is 216 g/mol. The first-order valence-corrected chi connectivity index (χ1v) is 6.09. The van der Waals surface area contributed by atoms with Crippen molar-refractivity contribution in [3.05, 3.63) is 24.3 Å². The summed E-state index contributed by atoms with van der Waals surface area (Å²) in [6.07, 6.45) is 8.73. The number of nitrogens with zero attached hydrogens (tertiary/aromatic N) is 3. The van der Waals surface area contributed by atoms with Crippen molar-refractivity contribution in [2.24, 2.45) is 5.92 Å². The van der Waals surface area contributed by atoms with E-state index in [2.05, 4.69) is 27.7 Å². The Hall–Kier alpha value is -1.65. The van der Waals surface area contributed by atoms with Crippen molar-refractivity contribution in [2.75, 3.05) is 0 Å². The van der Waals surface area contributed by atoms with Gasteiger partial charge in [0.2, 0.25) is 5.91 Å². The van der Waals surface area contributed by atoms with Gasteiger partial charge in [-0.05, 0) is 25.7 Å². The average Bonchev–Trinajstić information content (AvgIpc) is 2.96.